The van der Waals surface area contributed by atoms with Crippen LogP contribution in [-0.4, -0.2) is 49.4 Å². The van der Waals surface area contributed by atoms with E-state index < -0.39 is 16.1 Å². The standard InChI is InChI=1S/C14H21ClN2O3S/c15-10-12(18)11-16-13-6-2-3-7-14(13)21(19,20)17-8-4-1-5-9-17/h2-3,6-7,12,16,18H,1,4-5,8-11H2. The van der Waals surface area contributed by atoms with Crippen LogP contribution < -0.4 is 5.32 Å². The highest BCUT2D eigenvalue weighted by molar-refractivity contribution is 7.89. The van der Waals surface area contributed by atoms with Gasteiger partial charge in [-0.15, -0.1) is 11.6 Å². The van der Waals surface area contributed by atoms with Crippen molar-refractivity contribution in [3.8, 4) is 0 Å². The maximum atomic E-state index is 12.7. The van der Waals surface area contributed by atoms with Crippen molar-refractivity contribution >= 4 is 27.3 Å². The molecule has 0 bridgehead atoms. The number of alkyl halides is 1. The first-order valence-corrected chi connectivity index (χ1v) is 9.10. The highest BCUT2D eigenvalue weighted by Gasteiger charge is 2.28. The molecule has 1 aliphatic rings. The van der Waals surface area contributed by atoms with E-state index >= 15 is 0 Å². The number of nitrogens with zero attached hydrogens (tertiary/aromatic N) is 1. The number of para-hydroxylation sites is 1. The molecule has 21 heavy (non-hydrogen) atoms. The van der Waals surface area contributed by atoms with Gasteiger partial charge in [-0.05, 0) is 25.0 Å². The molecule has 1 heterocycles. The molecule has 1 aromatic rings. The molecule has 1 fully saturated rings. The highest BCUT2D eigenvalue weighted by atomic mass is 35.5. The number of hydrogen-bond donors (Lipinski definition) is 2. The molecule has 0 aromatic heterocycles. The molecular weight excluding hydrogens is 312 g/mol. The zero-order chi connectivity index (χ0) is 15.3. The van der Waals surface area contributed by atoms with E-state index in [1.807, 2.05) is 0 Å². The van der Waals surface area contributed by atoms with Crippen LogP contribution in [0.15, 0.2) is 29.2 Å². The predicted molar refractivity (Wildman–Crippen MR) is 84.3 cm³/mol. The van der Waals surface area contributed by atoms with Gasteiger partial charge in [0.05, 0.1) is 17.7 Å². The van der Waals surface area contributed by atoms with E-state index in [0.717, 1.165) is 19.3 Å². The van der Waals surface area contributed by atoms with Gasteiger partial charge in [-0.3, -0.25) is 0 Å². The second kappa shape index (κ2) is 7.45. The Hall–Kier alpha value is -0.820. The molecular formula is C14H21ClN2O3S. The van der Waals surface area contributed by atoms with E-state index in [9.17, 15) is 13.5 Å². The van der Waals surface area contributed by atoms with E-state index in [4.69, 9.17) is 11.6 Å². The molecule has 118 valence electrons. The molecule has 0 spiro atoms. The molecule has 1 unspecified atom stereocenters. The lowest BCUT2D eigenvalue weighted by Crippen LogP contribution is -2.36. The second-order valence-corrected chi connectivity index (χ2v) is 7.36. The number of halogens is 1. The topological polar surface area (TPSA) is 69.6 Å². The predicted octanol–water partition coefficient (Wildman–Crippen LogP) is 1.87. The molecule has 5 nitrogen and oxygen atoms in total. The van der Waals surface area contributed by atoms with Crippen molar-refractivity contribution < 1.29 is 13.5 Å². The fourth-order valence-corrected chi connectivity index (χ4v) is 4.16. The lowest BCUT2D eigenvalue weighted by atomic mass is 10.2. The molecule has 0 aliphatic carbocycles. The summed E-state index contributed by atoms with van der Waals surface area (Å²) in [6.07, 6.45) is 2.17. The van der Waals surface area contributed by atoms with Gasteiger partial charge in [0.2, 0.25) is 10.0 Å². The zero-order valence-electron chi connectivity index (χ0n) is 11.8. The molecule has 1 atom stereocenters. The van der Waals surface area contributed by atoms with Crippen molar-refractivity contribution in [3.05, 3.63) is 24.3 Å². The minimum atomic E-state index is -3.49. The number of anilines is 1. The number of benzene rings is 1. The van der Waals surface area contributed by atoms with Gasteiger partial charge in [0.1, 0.15) is 4.90 Å². The second-order valence-electron chi connectivity index (χ2n) is 5.15. The summed E-state index contributed by atoms with van der Waals surface area (Å²) in [6, 6.07) is 6.78. The number of nitrogens with one attached hydrogen (secondary N) is 1. The van der Waals surface area contributed by atoms with Crippen molar-refractivity contribution in [1.29, 1.82) is 0 Å². The third-order valence-electron chi connectivity index (χ3n) is 3.53. The lowest BCUT2D eigenvalue weighted by molar-refractivity contribution is 0.211. The third kappa shape index (κ3) is 4.10. The Labute approximate surface area is 131 Å². The Balaban J connectivity index is 2.21. The molecule has 2 rings (SSSR count). The van der Waals surface area contributed by atoms with E-state index in [-0.39, 0.29) is 17.3 Å². The molecule has 0 saturated carbocycles. The molecule has 1 aliphatic heterocycles. The first-order chi connectivity index (χ1) is 10.1. The summed E-state index contributed by atoms with van der Waals surface area (Å²) in [5.74, 6) is 0.105. The van der Waals surface area contributed by atoms with Crippen molar-refractivity contribution in [3.63, 3.8) is 0 Å². The summed E-state index contributed by atoms with van der Waals surface area (Å²) in [4.78, 5) is 0.258. The third-order valence-corrected chi connectivity index (χ3v) is 5.84. The van der Waals surface area contributed by atoms with Gasteiger partial charge >= 0.3 is 0 Å². The molecule has 7 heteroatoms. The van der Waals surface area contributed by atoms with Gasteiger partial charge in [-0.1, -0.05) is 18.6 Å². The van der Waals surface area contributed by atoms with Gasteiger partial charge < -0.3 is 10.4 Å². The van der Waals surface area contributed by atoms with Crippen LogP contribution in [-0.2, 0) is 10.0 Å². The largest absolute Gasteiger partial charge is 0.390 e. The van der Waals surface area contributed by atoms with Gasteiger partial charge in [0.25, 0.3) is 0 Å². The van der Waals surface area contributed by atoms with Crippen LogP contribution >= 0.6 is 11.6 Å². The molecule has 1 aromatic carbocycles. The Kier molecular flexibility index (Phi) is 5.87. The monoisotopic (exact) mass is 332 g/mol. The van der Waals surface area contributed by atoms with Gasteiger partial charge in [-0.25, -0.2) is 8.42 Å². The Morgan fingerprint density at radius 3 is 2.57 bits per heavy atom. The lowest BCUT2D eigenvalue weighted by Gasteiger charge is -2.27. The summed E-state index contributed by atoms with van der Waals surface area (Å²) in [7, 11) is -3.49. The average molecular weight is 333 g/mol. The maximum absolute atomic E-state index is 12.7. The van der Waals surface area contributed by atoms with Crippen LogP contribution in [0.3, 0.4) is 0 Å². The van der Waals surface area contributed by atoms with Crippen molar-refractivity contribution in [2.75, 3.05) is 30.8 Å². The summed E-state index contributed by atoms with van der Waals surface area (Å²) in [6.45, 7) is 1.36. The minimum Gasteiger partial charge on any atom is -0.390 e. The Morgan fingerprint density at radius 2 is 1.90 bits per heavy atom. The summed E-state index contributed by atoms with van der Waals surface area (Å²) >= 11 is 5.55. The van der Waals surface area contributed by atoms with E-state index in [0.29, 0.717) is 18.8 Å². The van der Waals surface area contributed by atoms with Crippen LogP contribution in [0.5, 0.6) is 0 Å². The summed E-state index contributed by atoms with van der Waals surface area (Å²) in [5, 5.41) is 12.5. The van der Waals surface area contributed by atoms with Crippen LogP contribution in [0.4, 0.5) is 5.69 Å². The molecule has 1 saturated heterocycles. The summed E-state index contributed by atoms with van der Waals surface area (Å²) < 4.78 is 27.0. The number of rotatable bonds is 6. The minimum absolute atomic E-state index is 0.105. The van der Waals surface area contributed by atoms with Crippen molar-refractivity contribution in [1.82, 2.24) is 4.31 Å². The molecule has 0 amide bonds. The van der Waals surface area contributed by atoms with Crippen molar-refractivity contribution in [2.45, 2.75) is 30.3 Å². The van der Waals surface area contributed by atoms with E-state index in [2.05, 4.69) is 5.32 Å². The smallest absolute Gasteiger partial charge is 0.245 e. The molecule has 2 N–H and O–H groups in total. The first-order valence-electron chi connectivity index (χ1n) is 7.13. The van der Waals surface area contributed by atoms with Crippen molar-refractivity contribution in [2.24, 2.45) is 0 Å². The maximum Gasteiger partial charge on any atom is 0.245 e. The quantitative estimate of drug-likeness (QED) is 0.780. The Bertz CT molecular complexity index is 559. The number of aliphatic hydroxyl groups excluding tert-OH is 1. The van der Waals surface area contributed by atoms with E-state index in [1.165, 1.54) is 4.31 Å². The SMILES string of the molecule is O=S(=O)(c1ccccc1NCC(O)CCl)N1CCCCC1. The zero-order valence-corrected chi connectivity index (χ0v) is 13.4. The van der Waals surface area contributed by atoms with Gasteiger partial charge in [0.15, 0.2) is 0 Å². The number of piperidine rings is 1. The van der Waals surface area contributed by atoms with Gasteiger partial charge in [-0.2, -0.15) is 4.31 Å². The normalized spacial score (nSPS) is 18.4. The average Bonchev–Trinajstić information content (AvgIpc) is 2.53. The van der Waals surface area contributed by atoms with Crippen LogP contribution in [0, 0.1) is 0 Å². The first kappa shape index (κ1) is 16.5. The fourth-order valence-electron chi connectivity index (χ4n) is 2.36. The highest BCUT2D eigenvalue weighted by Crippen LogP contribution is 2.26. The Morgan fingerprint density at radius 1 is 1.24 bits per heavy atom. The van der Waals surface area contributed by atoms with Crippen LogP contribution in [0.1, 0.15) is 19.3 Å². The summed E-state index contributed by atoms with van der Waals surface area (Å²) in [5.41, 5.74) is 0.507. The number of sulfonamides is 1. The fraction of sp³-hybridized carbons (Fsp3) is 0.571. The van der Waals surface area contributed by atoms with Crippen LogP contribution in [0.2, 0.25) is 0 Å². The number of aliphatic hydroxyl groups is 1. The van der Waals surface area contributed by atoms with Gasteiger partial charge in [0, 0.05) is 19.6 Å². The number of hydrogen-bond acceptors (Lipinski definition) is 4. The van der Waals surface area contributed by atoms with Crippen LogP contribution in [0.25, 0.3) is 0 Å². The molecule has 0 radical (unpaired) electrons. The van der Waals surface area contributed by atoms with E-state index in [1.54, 1.807) is 24.3 Å².